The third-order valence-corrected chi connectivity index (χ3v) is 1.43. The fourth-order valence-corrected chi connectivity index (χ4v) is 0.912. The molecule has 9 heavy (non-hydrogen) atoms. The first kappa shape index (κ1) is 6.31. The number of nitriles is 1. The molecule has 0 aromatic rings. The van der Waals surface area contributed by atoms with E-state index in [4.69, 9.17) is 5.26 Å². The molecule has 1 aliphatic rings. The average molecular weight is 122 g/mol. The Balaban J connectivity index is 2.09. The van der Waals surface area contributed by atoms with Gasteiger partial charge in [0, 0.05) is 26.1 Å². The lowest BCUT2D eigenvalue weighted by Crippen LogP contribution is -2.20. The smallest absolute Gasteiger partial charge is 0.0635 e. The standard InChI is InChI=1S/C7H10N2/c8-4-3-7-9-5-1-2-6-9/h1-2H,3,5-7H2. The molecule has 0 saturated carbocycles. The first-order valence-corrected chi connectivity index (χ1v) is 3.18. The highest BCUT2D eigenvalue weighted by atomic mass is 15.1. The Morgan fingerprint density at radius 1 is 1.44 bits per heavy atom. The second-order valence-corrected chi connectivity index (χ2v) is 2.14. The molecule has 0 aromatic carbocycles. The zero-order valence-electron chi connectivity index (χ0n) is 5.38. The summed E-state index contributed by atoms with van der Waals surface area (Å²) in [5.41, 5.74) is 0. The lowest BCUT2D eigenvalue weighted by Gasteiger charge is -2.10. The number of nitrogens with zero attached hydrogens (tertiary/aromatic N) is 2. The lowest BCUT2D eigenvalue weighted by atomic mass is 10.4. The molecule has 0 bridgehead atoms. The average Bonchev–Trinajstić information content (AvgIpc) is 2.34. The van der Waals surface area contributed by atoms with Crippen LogP contribution < -0.4 is 0 Å². The molecule has 0 amide bonds. The van der Waals surface area contributed by atoms with Crippen LogP contribution >= 0.6 is 0 Å². The summed E-state index contributed by atoms with van der Waals surface area (Å²) < 4.78 is 0. The number of rotatable bonds is 2. The molecule has 1 aliphatic heterocycles. The highest BCUT2D eigenvalue weighted by Gasteiger charge is 2.03. The molecular weight excluding hydrogens is 112 g/mol. The van der Waals surface area contributed by atoms with Crippen LogP contribution in [-0.4, -0.2) is 24.5 Å². The molecule has 0 radical (unpaired) electrons. The van der Waals surface area contributed by atoms with Crippen molar-refractivity contribution >= 4 is 0 Å². The van der Waals surface area contributed by atoms with Gasteiger partial charge in [-0.15, -0.1) is 0 Å². The van der Waals surface area contributed by atoms with Gasteiger partial charge in [0.25, 0.3) is 0 Å². The van der Waals surface area contributed by atoms with Crippen LogP contribution in [0.15, 0.2) is 12.2 Å². The van der Waals surface area contributed by atoms with Crippen molar-refractivity contribution in [3.05, 3.63) is 12.2 Å². The van der Waals surface area contributed by atoms with Crippen molar-refractivity contribution < 1.29 is 0 Å². The van der Waals surface area contributed by atoms with Crippen molar-refractivity contribution in [1.82, 2.24) is 4.90 Å². The highest BCUT2D eigenvalue weighted by Crippen LogP contribution is 1.98. The molecule has 2 heteroatoms. The van der Waals surface area contributed by atoms with Crippen molar-refractivity contribution in [2.24, 2.45) is 0 Å². The molecule has 0 fully saturated rings. The summed E-state index contributed by atoms with van der Waals surface area (Å²) in [6, 6.07) is 2.13. The predicted molar refractivity (Wildman–Crippen MR) is 35.8 cm³/mol. The zero-order chi connectivity index (χ0) is 6.53. The molecule has 0 aromatic heterocycles. The van der Waals surface area contributed by atoms with Gasteiger partial charge in [0.1, 0.15) is 0 Å². The number of hydrogen-bond acceptors (Lipinski definition) is 2. The molecular formula is C7H10N2. The second kappa shape index (κ2) is 3.26. The van der Waals surface area contributed by atoms with Crippen LogP contribution in [-0.2, 0) is 0 Å². The maximum atomic E-state index is 8.23. The molecule has 0 atom stereocenters. The van der Waals surface area contributed by atoms with E-state index in [1.54, 1.807) is 0 Å². The minimum absolute atomic E-state index is 0.654. The van der Waals surface area contributed by atoms with Gasteiger partial charge in [-0.1, -0.05) is 12.2 Å². The van der Waals surface area contributed by atoms with Gasteiger partial charge >= 0.3 is 0 Å². The number of hydrogen-bond donors (Lipinski definition) is 0. The van der Waals surface area contributed by atoms with E-state index < -0.39 is 0 Å². The quantitative estimate of drug-likeness (QED) is 0.506. The summed E-state index contributed by atoms with van der Waals surface area (Å²) in [5, 5.41) is 8.23. The molecule has 0 N–H and O–H groups in total. The Morgan fingerprint density at radius 2 is 2.11 bits per heavy atom. The van der Waals surface area contributed by atoms with Crippen molar-refractivity contribution in [1.29, 1.82) is 5.26 Å². The normalized spacial score (nSPS) is 18.1. The van der Waals surface area contributed by atoms with E-state index in [0.29, 0.717) is 6.42 Å². The largest absolute Gasteiger partial charge is 0.295 e. The summed E-state index contributed by atoms with van der Waals surface area (Å²) in [5.74, 6) is 0. The zero-order valence-corrected chi connectivity index (χ0v) is 5.38. The highest BCUT2D eigenvalue weighted by molar-refractivity contribution is 4.95. The lowest BCUT2D eigenvalue weighted by molar-refractivity contribution is 0.361. The maximum absolute atomic E-state index is 8.23. The third-order valence-electron chi connectivity index (χ3n) is 1.43. The summed E-state index contributed by atoms with van der Waals surface area (Å²) in [6.07, 6.45) is 4.93. The Hall–Kier alpha value is -0.810. The summed E-state index contributed by atoms with van der Waals surface area (Å²) in [6.45, 7) is 2.98. The first-order valence-electron chi connectivity index (χ1n) is 3.18. The summed E-state index contributed by atoms with van der Waals surface area (Å²) >= 11 is 0. The van der Waals surface area contributed by atoms with Crippen LogP contribution in [0.25, 0.3) is 0 Å². The van der Waals surface area contributed by atoms with Crippen LogP contribution in [0.2, 0.25) is 0 Å². The topological polar surface area (TPSA) is 27.0 Å². The Labute approximate surface area is 55.4 Å². The molecule has 2 nitrogen and oxygen atoms in total. The minimum Gasteiger partial charge on any atom is -0.295 e. The van der Waals surface area contributed by atoms with Crippen LogP contribution in [0.5, 0.6) is 0 Å². The van der Waals surface area contributed by atoms with Crippen LogP contribution in [0, 0.1) is 11.3 Å². The van der Waals surface area contributed by atoms with Gasteiger partial charge in [0.05, 0.1) is 6.07 Å². The van der Waals surface area contributed by atoms with Gasteiger partial charge in [-0.25, -0.2) is 0 Å². The van der Waals surface area contributed by atoms with Crippen molar-refractivity contribution in [2.45, 2.75) is 6.42 Å². The SMILES string of the molecule is N#CCCN1CC=CC1. The molecule has 0 saturated heterocycles. The van der Waals surface area contributed by atoms with Crippen LogP contribution in [0.4, 0.5) is 0 Å². The van der Waals surface area contributed by atoms with E-state index in [1.165, 1.54) is 0 Å². The first-order chi connectivity index (χ1) is 4.43. The van der Waals surface area contributed by atoms with E-state index in [2.05, 4.69) is 23.1 Å². The Bertz CT molecular complexity index is 135. The molecule has 0 aliphatic carbocycles. The van der Waals surface area contributed by atoms with E-state index in [1.807, 2.05) is 0 Å². The Kier molecular flexibility index (Phi) is 2.29. The van der Waals surface area contributed by atoms with Gasteiger partial charge in [-0.05, 0) is 0 Å². The van der Waals surface area contributed by atoms with Crippen LogP contribution in [0.3, 0.4) is 0 Å². The summed E-state index contributed by atoms with van der Waals surface area (Å²) in [4.78, 5) is 2.24. The van der Waals surface area contributed by atoms with Crippen molar-refractivity contribution in [3.63, 3.8) is 0 Å². The fourth-order valence-electron chi connectivity index (χ4n) is 0.912. The van der Waals surface area contributed by atoms with E-state index >= 15 is 0 Å². The van der Waals surface area contributed by atoms with E-state index in [0.717, 1.165) is 19.6 Å². The Morgan fingerprint density at radius 3 is 2.67 bits per heavy atom. The van der Waals surface area contributed by atoms with Gasteiger partial charge in [0.15, 0.2) is 0 Å². The maximum Gasteiger partial charge on any atom is 0.0635 e. The van der Waals surface area contributed by atoms with Gasteiger partial charge in [-0.3, -0.25) is 4.90 Å². The molecule has 0 unspecified atom stereocenters. The van der Waals surface area contributed by atoms with Crippen LogP contribution in [0.1, 0.15) is 6.42 Å². The van der Waals surface area contributed by atoms with Gasteiger partial charge in [-0.2, -0.15) is 5.26 Å². The van der Waals surface area contributed by atoms with Crippen molar-refractivity contribution in [2.75, 3.05) is 19.6 Å². The molecule has 1 rings (SSSR count). The van der Waals surface area contributed by atoms with Crippen molar-refractivity contribution in [3.8, 4) is 6.07 Å². The molecule has 0 spiro atoms. The van der Waals surface area contributed by atoms with E-state index in [9.17, 15) is 0 Å². The minimum atomic E-state index is 0.654. The second-order valence-electron chi connectivity index (χ2n) is 2.14. The third kappa shape index (κ3) is 1.87. The molecule has 1 heterocycles. The summed E-state index contributed by atoms with van der Waals surface area (Å²) in [7, 11) is 0. The van der Waals surface area contributed by atoms with Gasteiger partial charge in [0.2, 0.25) is 0 Å². The van der Waals surface area contributed by atoms with Gasteiger partial charge < -0.3 is 0 Å². The molecule has 48 valence electrons. The van der Waals surface area contributed by atoms with E-state index in [-0.39, 0.29) is 0 Å². The monoisotopic (exact) mass is 122 g/mol. The predicted octanol–water partition coefficient (Wildman–Crippen LogP) is 0.772. The fraction of sp³-hybridized carbons (Fsp3) is 0.571.